The monoisotopic (exact) mass is 578 g/mol. The number of aromatic nitrogens is 4. The SMILES string of the molecule is O=c1[nH]c(/N=C/N(Cc2ccccc2)Cc2ccccc2)nc2c1ncn2[C@@H]1O[C@H](CO)[C@H]2O[C@@H](c3ccccc3)O[C@H]21. The molecule has 0 amide bonds. The Hall–Kier alpha value is -4.68. The lowest BCUT2D eigenvalue weighted by Crippen LogP contribution is -2.30. The van der Waals surface area contributed by atoms with Crippen molar-refractivity contribution < 1.29 is 19.3 Å². The van der Waals surface area contributed by atoms with Gasteiger partial charge in [-0.15, -0.1) is 0 Å². The Kier molecular flexibility index (Phi) is 7.52. The lowest BCUT2D eigenvalue weighted by molar-refractivity contribution is -0.153. The molecule has 2 aromatic heterocycles. The van der Waals surface area contributed by atoms with Gasteiger partial charge in [0.1, 0.15) is 18.3 Å². The van der Waals surface area contributed by atoms with E-state index >= 15 is 0 Å². The molecule has 0 bridgehead atoms. The fourth-order valence-corrected chi connectivity index (χ4v) is 5.54. The zero-order valence-corrected chi connectivity index (χ0v) is 23.1. The maximum Gasteiger partial charge on any atom is 0.280 e. The summed E-state index contributed by atoms with van der Waals surface area (Å²) in [6.45, 7) is 0.980. The van der Waals surface area contributed by atoms with Crippen molar-refractivity contribution >= 4 is 23.5 Å². The number of ether oxygens (including phenoxy) is 3. The average molecular weight is 579 g/mol. The fraction of sp³-hybridized carbons (Fsp3) is 0.250. The first-order valence-corrected chi connectivity index (χ1v) is 14.1. The summed E-state index contributed by atoms with van der Waals surface area (Å²) in [6, 6.07) is 29.8. The second kappa shape index (κ2) is 11.9. The highest BCUT2D eigenvalue weighted by Crippen LogP contribution is 2.44. The summed E-state index contributed by atoms with van der Waals surface area (Å²) in [6.07, 6.45) is 0.167. The number of aromatic amines is 1. The molecule has 2 saturated heterocycles. The van der Waals surface area contributed by atoms with Crippen LogP contribution in [0.25, 0.3) is 11.2 Å². The minimum atomic E-state index is -0.723. The third kappa shape index (κ3) is 5.58. The summed E-state index contributed by atoms with van der Waals surface area (Å²) in [4.78, 5) is 31.3. The van der Waals surface area contributed by atoms with Gasteiger partial charge in [-0.25, -0.2) is 9.98 Å². The number of H-pyrrole nitrogens is 1. The lowest BCUT2D eigenvalue weighted by atomic mass is 10.1. The molecule has 11 nitrogen and oxygen atoms in total. The van der Waals surface area contributed by atoms with E-state index in [1.54, 1.807) is 10.9 Å². The predicted molar refractivity (Wildman–Crippen MR) is 158 cm³/mol. The third-order valence-electron chi connectivity index (χ3n) is 7.59. The molecule has 0 spiro atoms. The van der Waals surface area contributed by atoms with E-state index in [1.165, 1.54) is 6.33 Å². The molecule has 3 aromatic carbocycles. The number of fused-ring (bicyclic) bond motifs is 2. The number of hydrogen-bond donors (Lipinski definition) is 2. The van der Waals surface area contributed by atoms with E-state index in [4.69, 9.17) is 14.2 Å². The highest BCUT2D eigenvalue weighted by molar-refractivity contribution is 5.71. The third-order valence-corrected chi connectivity index (χ3v) is 7.59. The van der Waals surface area contributed by atoms with E-state index in [9.17, 15) is 9.90 Å². The van der Waals surface area contributed by atoms with E-state index in [0.29, 0.717) is 18.7 Å². The first kappa shape index (κ1) is 27.2. The van der Waals surface area contributed by atoms with Gasteiger partial charge in [0.25, 0.3) is 5.56 Å². The minimum absolute atomic E-state index is 0.129. The second-order valence-electron chi connectivity index (χ2n) is 10.5. The molecule has 5 atom stereocenters. The number of aliphatic hydroxyl groups is 1. The van der Waals surface area contributed by atoms with Crippen LogP contribution in [0.3, 0.4) is 0 Å². The van der Waals surface area contributed by atoms with Gasteiger partial charge in [0.05, 0.1) is 19.3 Å². The zero-order chi connectivity index (χ0) is 29.2. The number of rotatable bonds is 9. The van der Waals surface area contributed by atoms with Gasteiger partial charge in [0.15, 0.2) is 23.7 Å². The van der Waals surface area contributed by atoms with Crippen molar-refractivity contribution in [2.75, 3.05) is 6.61 Å². The summed E-state index contributed by atoms with van der Waals surface area (Å²) in [5, 5.41) is 10.0. The van der Waals surface area contributed by atoms with Gasteiger partial charge in [-0.2, -0.15) is 4.98 Å². The Balaban J connectivity index is 1.18. The van der Waals surface area contributed by atoms with Gasteiger partial charge >= 0.3 is 0 Å². The van der Waals surface area contributed by atoms with Crippen LogP contribution in [0.5, 0.6) is 0 Å². The molecule has 2 aliphatic rings. The molecule has 2 N–H and O–H groups in total. The summed E-state index contributed by atoms with van der Waals surface area (Å²) < 4.78 is 20.3. The number of benzene rings is 3. The molecule has 43 heavy (non-hydrogen) atoms. The molecular formula is C32H30N6O5. The number of imidazole rings is 1. The molecule has 218 valence electrons. The van der Waals surface area contributed by atoms with Crippen molar-refractivity contribution in [3.05, 3.63) is 124 Å². The van der Waals surface area contributed by atoms with Gasteiger partial charge in [-0.05, 0) is 11.1 Å². The number of nitrogens with zero attached hydrogens (tertiary/aromatic N) is 5. The first-order chi connectivity index (χ1) is 21.2. The minimum Gasteiger partial charge on any atom is -0.394 e. The van der Waals surface area contributed by atoms with Gasteiger partial charge in [-0.1, -0.05) is 91.0 Å². The molecular weight excluding hydrogens is 548 g/mol. The molecule has 2 fully saturated rings. The van der Waals surface area contributed by atoms with E-state index < -0.39 is 36.4 Å². The largest absolute Gasteiger partial charge is 0.394 e. The van der Waals surface area contributed by atoms with E-state index in [0.717, 1.165) is 16.7 Å². The number of aliphatic imine (C=N–C) groups is 1. The Morgan fingerprint density at radius 1 is 0.884 bits per heavy atom. The topological polar surface area (TPSA) is 127 Å². The smallest absolute Gasteiger partial charge is 0.280 e. The normalized spacial score (nSPS) is 23.2. The summed E-state index contributed by atoms with van der Waals surface area (Å²) in [7, 11) is 0. The number of aliphatic hydroxyl groups excluding tert-OH is 1. The first-order valence-electron chi connectivity index (χ1n) is 14.1. The van der Waals surface area contributed by atoms with Crippen LogP contribution in [-0.2, 0) is 27.3 Å². The van der Waals surface area contributed by atoms with Crippen molar-refractivity contribution in [3.63, 3.8) is 0 Å². The standard InChI is InChI=1S/C32H30N6O5/c39-18-24-26-27(43-31(42-26)23-14-8-3-9-15-23)30(41-24)38-20-33-25-28(38)35-32(36-29(25)40)34-19-37(16-21-10-4-1-5-11-21)17-22-12-6-2-7-13-22/h1-15,19-20,24,26-27,30-31,39H,16-18H2,(H,35,36,40)/b34-19+/t24-,26-,27-,30-,31-/m1/s1. The maximum absolute atomic E-state index is 13.0. The summed E-state index contributed by atoms with van der Waals surface area (Å²) in [5.41, 5.74) is 3.13. The second-order valence-corrected chi connectivity index (χ2v) is 10.5. The van der Waals surface area contributed by atoms with Gasteiger partial charge in [-0.3, -0.25) is 14.3 Å². The van der Waals surface area contributed by atoms with Crippen molar-refractivity contribution in [1.29, 1.82) is 0 Å². The summed E-state index contributed by atoms with van der Waals surface area (Å²) >= 11 is 0. The van der Waals surface area contributed by atoms with E-state index in [2.05, 4.69) is 49.1 Å². The Labute approximate surface area is 247 Å². The Bertz CT molecular complexity index is 1720. The van der Waals surface area contributed by atoms with Crippen molar-refractivity contribution in [1.82, 2.24) is 24.4 Å². The molecule has 11 heteroatoms. The van der Waals surface area contributed by atoms with Crippen LogP contribution in [-0.4, -0.2) is 60.8 Å². The predicted octanol–water partition coefficient (Wildman–Crippen LogP) is 3.85. The van der Waals surface area contributed by atoms with Crippen LogP contribution in [0.2, 0.25) is 0 Å². The number of hydrogen-bond acceptors (Lipinski definition) is 8. The van der Waals surface area contributed by atoms with Crippen molar-refractivity contribution in [2.24, 2.45) is 4.99 Å². The van der Waals surface area contributed by atoms with Crippen LogP contribution >= 0.6 is 0 Å². The molecule has 0 saturated carbocycles. The molecule has 2 aliphatic heterocycles. The van der Waals surface area contributed by atoms with Crippen LogP contribution in [0.4, 0.5) is 5.95 Å². The molecule has 7 rings (SSSR count). The van der Waals surface area contributed by atoms with E-state index in [1.807, 2.05) is 66.7 Å². The Morgan fingerprint density at radius 3 is 2.16 bits per heavy atom. The molecule has 0 radical (unpaired) electrons. The quantitative estimate of drug-likeness (QED) is 0.200. The molecule has 0 unspecified atom stereocenters. The maximum atomic E-state index is 13.0. The number of nitrogens with one attached hydrogen (secondary N) is 1. The van der Waals surface area contributed by atoms with Crippen molar-refractivity contribution in [2.45, 2.75) is 43.9 Å². The van der Waals surface area contributed by atoms with Crippen LogP contribution in [0, 0.1) is 0 Å². The van der Waals surface area contributed by atoms with Crippen molar-refractivity contribution in [3.8, 4) is 0 Å². The van der Waals surface area contributed by atoms with Gasteiger partial charge in [0.2, 0.25) is 5.95 Å². The highest BCUT2D eigenvalue weighted by Gasteiger charge is 2.53. The molecule has 5 aromatic rings. The zero-order valence-electron chi connectivity index (χ0n) is 23.1. The molecule has 4 heterocycles. The fourth-order valence-electron chi connectivity index (χ4n) is 5.54. The van der Waals surface area contributed by atoms with Crippen LogP contribution in [0.1, 0.15) is 29.2 Å². The van der Waals surface area contributed by atoms with Gasteiger partial charge in [0, 0.05) is 18.7 Å². The highest BCUT2D eigenvalue weighted by atomic mass is 16.8. The van der Waals surface area contributed by atoms with Crippen LogP contribution in [0.15, 0.2) is 107 Å². The molecule has 0 aliphatic carbocycles. The average Bonchev–Trinajstić information content (AvgIpc) is 3.76. The van der Waals surface area contributed by atoms with E-state index in [-0.39, 0.29) is 18.1 Å². The van der Waals surface area contributed by atoms with Crippen LogP contribution < -0.4 is 5.56 Å². The Morgan fingerprint density at radius 2 is 1.51 bits per heavy atom. The summed E-state index contributed by atoms with van der Waals surface area (Å²) in [5.74, 6) is 0.129. The lowest BCUT2D eigenvalue weighted by Gasteiger charge is -2.21. The van der Waals surface area contributed by atoms with Gasteiger partial charge < -0.3 is 24.2 Å².